The van der Waals surface area contributed by atoms with E-state index >= 15 is 0 Å². The summed E-state index contributed by atoms with van der Waals surface area (Å²) in [7, 11) is 0. The van der Waals surface area contributed by atoms with Crippen LogP contribution in [0.25, 0.3) is 0 Å². The number of hydrogen-bond acceptors (Lipinski definition) is 8. The second-order valence-electron chi connectivity index (χ2n) is 11.0. The molecule has 9 unspecified atom stereocenters. The molecular weight excluding hydrogens is 482 g/mol. The molecule has 1 spiro atoms. The maximum atomic E-state index is 12.7. The van der Waals surface area contributed by atoms with Crippen LogP contribution in [-0.2, 0) is 38.4 Å². The molecule has 6 rings (SSSR count). The van der Waals surface area contributed by atoms with Crippen molar-refractivity contribution < 1.29 is 43.5 Å². The Kier molecular flexibility index (Phi) is 7.04. The van der Waals surface area contributed by atoms with Crippen LogP contribution in [0, 0.1) is 23.7 Å². The molecule has 1 aromatic carbocycles. The summed E-state index contributed by atoms with van der Waals surface area (Å²) in [6.07, 6.45) is 1.48. The summed E-state index contributed by atoms with van der Waals surface area (Å²) in [6, 6.07) is 7.19. The predicted octanol–water partition coefficient (Wildman–Crippen LogP) is 3.46. The molecule has 5 fully saturated rings. The van der Waals surface area contributed by atoms with E-state index in [1.807, 2.05) is 13.8 Å². The molecule has 0 radical (unpaired) electrons. The molecule has 1 aliphatic carbocycles. The van der Waals surface area contributed by atoms with Crippen LogP contribution < -0.4 is 5.32 Å². The normalized spacial score (nSPS) is 39.1. The molecule has 37 heavy (non-hydrogen) atoms. The summed E-state index contributed by atoms with van der Waals surface area (Å²) >= 11 is 0. The van der Waals surface area contributed by atoms with E-state index in [4.69, 9.17) is 24.0 Å². The molecule has 4 aliphatic heterocycles. The van der Waals surface area contributed by atoms with Crippen LogP contribution in [0.2, 0.25) is 0 Å². The first-order chi connectivity index (χ1) is 17.6. The lowest BCUT2D eigenvalue weighted by atomic mass is 9.58. The number of aliphatic carboxylic acids is 1. The van der Waals surface area contributed by atoms with Crippen molar-refractivity contribution in [2.45, 2.75) is 89.3 Å². The average molecular weight is 518 g/mol. The Hall–Kier alpha value is -2.53. The SMILES string of the molecule is CC1CCC2C(C)C(OC(=O)CCC(=O)NC(C(=O)O)c3ccccc3)OC3OC4(C)CCC1C32OO4. The van der Waals surface area contributed by atoms with Gasteiger partial charge in [0.25, 0.3) is 0 Å². The van der Waals surface area contributed by atoms with E-state index in [1.165, 1.54) is 0 Å². The predicted molar refractivity (Wildman–Crippen MR) is 127 cm³/mol. The summed E-state index contributed by atoms with van der Waals surface area (Å²) in [4.78, 5) is 48.7. The monoisotopic (exact) mass is 517 g/mol. The van der Waals surface area contributed by atoms with E-state index in [0.717, 1.165) is 19.3 Å². The molecule has 5 aliphatic rings. The summed E-state index contributed by atoms with van der Waals surface area (Å²) in [5, 5.41) is 12.0. The lowest BCUT2D eigenvalue weighted by Gasteiger charge is -2.59. The Morgan fingerprint density at radius 3 is 2.57 bits per heavy atom. The molecule has 0 aromatic heterocycles. The number of benzene rings is 1. The minimum Gasteiger partial charge on any atom is -0.479 e. The molecule has 9 atom stereocenters. The second kappa shape index (κ2) is 9.98. The van der Waals surface area contributed by atoms with Crippen LogP contribution in [-0.4, -0.2) is 46.9 Å². The Morgan fingerprint density at radius 1 is 1.08 bits per heavy atom. The Labute approximate surface area is 215 Å². The van der Waals surface area contributed by atoms with Crippen molar-refractivity contribution in [3.05, 3.63) is 35.9 Å². The van der Waals surface area contributed by atoms with E-state index in [-0.39, 0.29) is 30.6 Å². The highest BCUT2D eigenvalue weighted by molar-refractivity contribution is 5.86. The van der Waals surface area contributed by atoms with Crippen molar-refractivity contribution in [1.29, 1.82) is 0 Å². The largest absolute Gasteiger partial charge is 0.479 e. The van der Waals surface area contributed by atoms with Gasteiger partial charge in [-0.3, -0.25) is 9.59 Å². The van der Waals surface area contributed by atoms with Crippen LogP contribution in [0.15, 0.2) is 30.3 Å². The van der Waals surface area contributed by atoms with Gasteiger partial charge < -0.3 is 24.6 Å². The first-order valence-corrected chi connectivity index (χ1v) is 13.1. The Morgan fingerprint density at radius 2 is 1.84 bits per heavy atom. The highest BCUT2D eigenvalue weighted by atomic mass is 17.3. The number of hydrogen-bond donors (Lipinski definition) is 2. The number of esters is 1. The molecule has 1 aromatic rings. The van der Waals surface area contributed by atoms with E-state index in [1.54, 1.807) is 30.3 Å². The quantitative estimate of drug-likeness (QED) is 0.412. The number of carboxylic acids is 1. The van der Waals surface area contributed by atoms with E-state index in [9.17, 15) is 19.5 Å². The minimum absolute atomic E-state index is 0.0124. The van der Waals surface area contributed by atoms with Crippen LogP contribution in [0.3, 0.4) is 0 Å². The van der Waals surface area contributed by atoms with Crippen LogP contribution in [0.1, 0.15) is 70.9 Å². The van der Waals surface area contributed by atoms with Crippen LogP contribution >= 0.6 is 0 Å². The van der Waals surface area contributed by atoms with Gasteiger partial charge in [0.15, 0.2) is 17.9 Å². The first kappa shape index (κ1) is 26.1. The second-order valence-corrected chi connectivity index (χ2v) is 11.0. The topological polar surface area (TPSA) is 130 Å². The summed E-state index contributed by atoms with van der Waals surface area (Å²) < 4.78 is 18.2. The van der Waals surface area contributed by atoms with Gasteiger partial charge in [-0.1, -0.05) is 44.2 Å². The molecule has 10 heteroatoms. The zero-order valence-electron chi connectivity index (χ0n) is 21.4. The summed E-state index contributed by atoms with van der Waals surface area (Å²) in [5.41, 5.74) is -0.305. The molecule has 1 saturated carbocycles. The summed E-state index contributed by atoms with van der Waals surface area (Å²) in [5.74, 6) is -2.80. The van der Waals surface area contributed by atoms with Gasteiger partial charge in [-0.25, -0.2) is 14.6 Å². The van der Waals surface area contributed by atoms with Gasteiger partial charge in [-0.2, -0.15) is 0 Å². The highest BCUT2D eigenvalue weighted by Gasteiger charge is 2.69. The van der Waals surface area contributed by atoms with Crippen LogP contribution in [0.4, 0.5) is 0 Å². The van der Waals surface area contributed by atoms with Crippen LogP contribution in [0.5, 0.6) is 0 Å². The van der Waals surface area contributed by atoms with Crippen molar-refractivity contribution in [3.8, 4) is 0 Å². The van der Waals surface area contributed by atoms with E-state index < -0.39 is 47.9 Å². The number of amides is 1. The van der Waals surface area contributed by atoms with Crippen molar-refractivity contribution >= 4 is 17.8 Å². The maximum absolute atomic E-state index is 12.7. The van der Waals surface area contributed by atoms with Gasteiger partial charge >= 0.3 is 11.9 Å². The molecule has 4 saturated heterocycles. The Balaban J connectivity index is 1.22. The number of carbonyl (C=O) groups is 3. The fourth-order valence-electron chi connectivity index (χ4n) is 6.58. The minimum atomic E-state index is -1.20. The van der Waals surface area contributed by atoms with Gasteiger partial charge in [0, 0.05) is 24.7 Å². The lowest BCUT2D eigenvalue weighted by Crippen LogP contribution is -2.70. The number of carboxylic acid groups (broad SMARTS) is 1. The Bertz CT molecular complexity index is 1030. The van der Waals surface area contributed by atoms with Gasteiger partial charge in [0.05, 0.1) is 6.42 Å². The first-order valence-electron chi connectivity index (χ1n) is 13.1. The number of ether oxygens (including phenoxy) is 3. The van der Waals surface area contributed by atoms with Gasteiger partial charge in [0.1, 0.15) is 0 Å². The van der Waals surface area contributed by atoms with Crippen molar-refractivity contribution in [1.82, 2.24) is 5.32 Å². The molecule has 1 amide bonds. The van der Waals surface area contributed by atoms with Gasteiger partial charge in [-0.15, -0.1) is 0 Å². The molecule has 2 N–H and O–H groups in total. The van der Waals surface area contributed by atoms with Crippen molar-refractivity contribution in [2.24, 2.45) is 23.7 Å². The highest BCUT2D eigenvalue weighted by Crippen LogP contribution is 2.60. The molecular formula is C27H35NO9. The fourth-order valence-corrected chi connectivity index (χ4v) is 6.58. The van der Waals surface area contributed by atoms with E-state index in [2.05, 4.69) is 12.2 Å². The van der Waals surface area contributed by atoms with Gasteiger partial charge in [0.2, 0.25) is 18.0 Å². The summed E-state index contributed by atoms with van der Waals surface area (Å²) in [6.45, 7) is 6.04. The number of carbonyl (C=O) groups excluding carboxylic acids is 2. The van der Waals surface area contributed by atoms with E-state index in [0.29, 0.717) is 17.9 Å². The maximum Gasteiger partial charge on any atom is 0.330 e. The standard InChI is InChI=1S/C27H35NO9/c1-15-9-10-19-16(2)24(34-25-27(19)18(15)13-14-26(3,35-25)36-37-27)33-21(30)12-11-20(29)28-22(23(31)32)17-7-5-4-6-8-17/h4-8,15-16,18-19,22,24-25H,9-14H2,1-3H3,(H,28,29)(H,31,32). The van der Waals surface area contributed by atoms with Crippen molar-refractivity contribution in [2.75, 3.05) is 0 Å². The molecule has 2 bridgehead atoms. The third kappa shape index (κ3) is 4.76. The average Bonchev–Trinajstić information content (AvgIpc) is 3.10. The smallest absolute Gasteiger partial charge is 0.330 e. The molecule has 10 nitrogen and oxygen atoms in total. The number of nitrogens with one attached hydrogen (secondary N) is 1. The molecule has 4 heterocycles. The zero-order valence-corrected chi connectivity index (χ0v) is 21.4. The third-order valence-electron chi connectivity index (χ3n) is 8.59. The van der Waals surface area contributed by atoms with Gasteiger partial charge in [-0.05, 0) is 43.6 Å². The zero-order chi connectivity index (χ0) is 26.4. The lowest BCUT2D eigenvalue weighted by molar-refractivity contribution is -0.576. The number of rotatable bonds is 7. The molecule has 202 valence electrons. The van der Waals surface area contributed by atoms with Crippen molar-refractivity contribution in [3.63, 3.8) is 0 Å². The number of fused-ring (bicyclic) bond motifs is 2. The fraction of sp³-hybridized carbons (Fsp3) is 0.667. The third-order valence-corrected chi connectivity index (χ3v) is 8.59.